The first-order valence-electron chi connectivity index (χ1n) is 6.34. The summed E-state index contributed by atoms with van der Waals surface area (Å²) >= 11 is 0. The highest BCUT2D eigenvalue weighted by Crippen LogP contribution is 2.22. The third-order valence-corrected chi connectivity index (χ3v) is 2.48. The molecule has 1 aromatic rings. The Kier molecular flexibility index (Phi) is 5.83. The summed E-state index contributed by atoms with van der Waals surface area (Å²) in [6.07, 6.45) is 0.135. The van der Waals surface area contributed by atoms with Crippen LogP contribution in [0.3, 0.4) is 0 Å². The minimum Gasteiger partial charge on any atom is -0.495 e. The number of hydrogen-bond donors (Lipinski definition) is 2. The fraction of sp³-hybridized carbons (Fsp3) is 0.429. The Bertz CT molecular complexity index is 486. The molecule has 1 aromatic carbocycles. The molecular formula is C14H20N2O4. The number of amides is 1. The molecule has 6 nitrogen and oxygen atoms in total. The second-order valence-electron chi connectivity index (χ2n) is 4.56. The van der Waals surface area contributed by atoms with Crippen LogP contribution in [0.2, 0.25) is 0 Å². The first-order valence-corrected chi connectivity index (χ1v) is 6.34. The molecule has 0 fully saturated rings. The zero-order chi connectivity index (χ0) is 15.1. The van der Waals surface area contributed by atoms with Gasteiger partial charge >= 0.3 is 5.97 Å². The van der Waals surface area contributed by atoms with Gasteiger partial charge in [-0.25, -0.2) is 4.79 Å². The molecule has 0 saturated carbocycles. The number of carbonyl (C=O) groups is 2. The van der Waals surface area contributed by atoms with Crippen molar-refractivity contribution < 1.29 is 19.1 Å². The highest BCUT2D eigenvalue weighted by molar-refractivity contribution is 5.90. The fourth-order valence-electron chi connectivity index (χ4n) is 1.55. The zero-order valence-corrected chi connectivity index (χ0v) is 11.9. The first-order chi connectivity index (χ1) is 9.43. The van der Waals surface area contributed by atoms with Crippen molar-refractivity contribution in [2.24, 2.45) is 0 Å². The molecule has 3 N–H and O–H groups in total. The number of hydrogen-bond acceptors (Lipinski definition) is 5. The third kappa shape index (κ3) is 4.79. The Balaban J connectivity index is 2.49. The number of nitrogens with two attached hydrogens (primary N) is 1. The van der Waals surface area contributed by atoms with Crippen molar-refractivity contribution in [3.63, 3.8) is 0 Å². The molecule has 0 bridgehead atoms. The molecule has 0 aliphatic carbocycles. The minimum atomic E-state index is -0.513. The first kappa shape index (κ1) is 15.8. The average Bonchev–Trinajstić information content (AvgIpc) is 2.38. The van der Waals surface area contributed by atoms with Crippen LogP contribution >= 0.6 is 0 Å². The van der Waals surface area contributed by atoms with Crippen molar-refractivity contribution in [3.05, 3.63) is 23.8 Å². The molecule has 0 spiro atoms. The van der Waals surface area contributed by atoms with Gasteiger partial charge in [0.1, 0.15) is 12.4 Å². The molecular weight excluding hydrogens is 260 g/mol. The molecule has 0 heterocycles. The number of ether oxygens (including phenoxy) is 2. The van der Waals surface area contributed by atoms with Crippen LogP contribution < -0.4 is 15.8 Å². The number of carbonyl (C=O) groups excluding carboxylic acids is 2. The van der Waals surface area contributed by atoms with Crippen LogP contribution in [0.15, 0.2) is 18.2 Å². The van der Waals surface area contributed by atoms with Crippen LogP contribution in [-0.2, 0) is 9.53 Å². The van der Waals surface area contributed by atoms with Gasteiger partial charge in [-0.2, -0.15) is 0 Å². The highest BCUT2D eigenvalue weighted by atomic mass is 16.5. The zero-order valence-electron chi connectivity index (χ0n) is 11.9. The molecule has 1 rings (SSSR count). The number of rotatable bonds is 6. The van der Waals surface area contributed by atoms with Gasteiger partial charge in [0.25, 0.3) is 0 Å². The van der Waals surface area contributed by atoms with E-state index in [0.717, 1.165) is 0 Å². The Morgan fingerprint density at radius 3 is 2.65 bits per heavy atom. The van der Waals surface area contributed by atoms with Crippen LogP contribution in [0.25, 0.3) is 0 Å². The second kappa shape index (κ2) is 7.37. The van der Waals surface area contributed by atoms with E-state index in [1.165, 1.54) is 13.2 Å². The van der Waals surface area contributed by atoms with E-state index in [4.69, 9.17) is 15.2 Å². The van der Waals surface area contributed by atoms with E-state index in [2.05, 4.69) is 5.32 Å². The molecule has 0 atom stereocenters. The van der Waals surface area contributed by atoms with Gasteiger partial charge in [-0.3, -0.25) is 4.79 Å². The number of nitrogens with one attached hydrogen (secondary N) is 1. The van der Waals surface area contributed by atoms with Gasteiger partial charge in [-0.1, -0.05) is 0 Å². The van der Waals surface area contributed by atoms with E-state index in [0.29, 0.717) is 17.0 Å². The summed E-state index contributed by atoms with van der Waals surface area (Å²) in [6, 6.07) is 4.70. The van der Waals surface area contributed by atoms with Crippen molar-refractivity contribution in [2.45, 2.75) is 26.3 Å². The largest absolute Gasteiger partial charge is 0.495 e. The monoisotopic (exact) mass is 280 g/mol. The predicted octanol–water partition coefficient (Wildman–Crippen LogP) is 1.35. The van der Waals surface area contributed by atoms with Crippen LogP contribution in [0, 0.1) is 0 Å². The minimum absolute atomic E-state index is 0.0318. The second-order valence-corrected chi connectivity index (χ2v) is 4.56. The van der Waals surface area contributed by atoms with Crippen LogP contribution in [0.1, 0.15) is 30.6 Å². The van der Waals surface area contributed by atoms with Gasteiger partial charge in [0.05, 0.1) is 24.8 Å². The van der Waals surface area contributed by atoms with Crippen LogP contribution in [-0.4, -0.2) is 31.6 Å². The summed E-state index contributed by atoms with van der Waals surface area (Å²) in [7, 11) is 1.47. The predicted molar refractivity (Wildman–Crippen MR) is 75.6 cm³/mol. The number of nitrogen functional groups attached to an aromatic ring is 1. The van der Waals surface area contributed by atoms with Gasteiger partial charge in [0.2, 0.25) is 5.91 Å². The highest BCUT2D eigenvalue weighted by Gasteiger charge is 2.11. The summed E-state index contributed by atoms with van der Waals surface area (Å²) in [5, 5.41) is 2.72. The molecule has 110 valence electrons. The standard InChI is InChI=1S/C14H20N2O4/c1-9(2)16-13(17)6-7-20-14(18)10-4-5-11(15)12(8-10)19-3/h4-5,8-9H,6-7,15H2,1-3H3,(H,16,17). The number of anilines is 1. The van der Waals surface area contributed by atoms with Gasteiger partial charge in [0, 0.05) is 6.04 Å². The molecule has 0 aliphatic heterocycles. The van der Waals surface area contributed by atoms with Crippen LogP contribution in [0.5, 0.6) is 5.75 Å². The Morgan fingerprint density at radius 1 is 1.35 bits per heavy atom. The molecule has 0 aromatic heterocycles. The van der Waals surface area contributed by atoms with Crippen LogP contribution in [0.4, 0.5) is 5.69 Å². The van der Waals surface area contributed by atoms with Crippen molar-refractivity contribution in [1.82, 2.24) is 5.32 Å². The van der Waals surface area contributed by atoms with Gasteiger partial charge in [-0.05, 0) is 32.0 Å². The van der Waals surface area contributed by atoms with E-state index in [1.807, 2.05) is 13.8 Å². The summed E-state index contributed by atoms with van der Waals surface area (Å²) in [5.74, 6) is -0.250. The topological polar surface area (TPSA) is 90.6 Å². The van der Waals surface area contributed by atoms with Crippen molar-refractivity contribution in [3.8, 4) is 5.75 Å². The molecule has 1 amide bonds. The lowest BCUT2D eigenvalue weighted by Crippen LogP contribution is -2.31. The van der Waals surface area contributed by atoms with E-state index in [1.54, 1.807) is 12.1 Å². The lowest BCUT2D eigenvalue weighted by atomic mass is 10.2. The Hall–Kier alpha value is -2.24. The van der Waals surface area contributed by atoms with Gasteiger partial charge in [-0.15, -0.1) is 0 Å². The molecule has 0 radical (unpaired) electrons. The quantitative estimate of drug-likeness (QED) is 0.606. The maximum atomic E-state index is 11.8. The summed E-state index contributed by atoms with van der Waals surface area (Å²) in [5.41, 5.74) is 6.43. The smallest absolute Gasteiger partial charge is 0.338 e. The molecule has 20 heavy (non-hydrogen) atoms. The molecule has 0 saturated heterocycles. The van der Waals surface area contributed by atoms with E-state index in [-0.39, 0.29) is 25.0 Å². The lowest BCUT2D eigenvalue weighted by molar-refractivity contribution is -0.122. The average molecular weight is 280 g/mol. The number of methoxy groups -OCH3 is 1. The third-order valence-electron chi connectivity index (χ3n) is 2.48. The van der Waals surface area contributed by atoms with E-state index in [9.17, 15) is 9.59 Å². The Morgan fingerprint density at radius 2 is 2.05 bits per heavy atom. The maximum absolute atomic E-state index is 11.8. The summed E-state index contributed by atoms with van der Waals surface area (Å²) in [6.45, 7) is 3.76. The summed E-state index contributed by atoms with van der Waals surface area (Å²) in [4.78, 5) is 23.2. The van der Waals surface area contributed by atoms with E-state index >= 15 is 0 Å². The fourth-order valence-corrected chi connectivity index (χ4v) is 1.55. The van der Waals surface area contributed by atoms with Gasteiger partial charge < -0.3 is 20.5 Å². The summed E-state index contributed by atoms with van der Waals surface area (Å²) < 4.78 is 10.0. The molecule has 0 aliphatic rings. The molecule has 6 heteroatoms. The number of benzene rings is 1. The Labute approximate surface area is 118 Å². The normalized spacial score (nSPS) is 10.2. The SMILES string of the molecule is COc1cc(C(=O)OCCC(=O)NC(C)C)ccc1N. The lowest BCUT2D eigenvalue weighted by Gasteiger charge is -2.09. The van der Waals surface area contributed by atoms with Crippen molar-refractivity contribution in [1.29, 1.82) is 0 Å². The van der Waals surface area contributed by atoms with Crippen molar-refractivity contribution in [2.75, 3.05) is 19.5 Å². The van der Waals surface area contributed by atoms with Gasteiger partial charge in [0.15, 0.2) is 0 Å². The number of esters is 1. The maximum Gasteiger partial charge on any atom is 0.338 e. The van der Waals surface area contributed by atoms with E-state index < -0.39 is 5.97 Å². The van der Waals surface area contributed by atoms with Crippen molar-refractivity contribution >= 4 is 17.6 Å². The molecule has 0 unspecified atom stereocenters.